The summed E-state index contributed by atoms with van der Waals surface area (Å²) in [4.78, 5) is 0. The zero-order chi connectivity index (χ0) is 17.5. The normalized spacial score (nSPS) is 17.0. The largest absolute Gasteiger partial charge is 0.484 e. The molecule has 3 nitrogen and oxygen atoms in total. The summed E-state index contributed by atoms with van der Waals surface area (Å²) in [5, 5.41) is 2.96. The van der Waals surface area contributed by atoms with E-state index in [4.69, 9.17) is 10.5 Å². The number of benzene rings is 2. The predicted octanol–water partition coefficient (Wildman–Crippen LogP) is 3.95. The van der Waals surface area contributed by atoms with Crippen LogP contribution in [-0.4, -0.2) is 19.2 Å². The molecule has 0 saturated heterocycles. The van der Waals surface area contributed by atoms with Gasteiger partial charge in [0.2, 0.25) is 0 Å². The molecule has 1 aliphatic rings. The van der Waals surface area contributed by atoms with Gasteiger partial charge in [-0.05, 0) is 24.6 Å². The maximum atomic E-state index is 13.9. The maximum absolute atomic E-state index is 13.9. The van der Waals surface area contributed by atoms with Crippen molar-refractivity contribution in [3.8, 4) is 16.9 Å². The summed E-state index contributed by atoms with van der Waals surface area (Å²) in [6.45, 7) is 2.14. The van der Waals surface area contributed by atoms with Gasteiger partial charge in [0, 0.05) is 18.2 Å². The summed E-state index contributed by atoms with van der Waals surface area (Å²) < 4.78 is 59.9. The Hall–Kier alpha value is -2.28. The van der Waals surface area contributed by atoms with Crippen LogP contribution in [0.15, 0.2) is 30.3 Å². The number of anilines is 1. The van der Waals surface area contributed by atoms with Gasteiger partial charge in [-0.25, -0.2) is 4.39 Å². The standard InChI is InChI=1S/C17H16F4N2O/c1-9-2-3-12(14(4-9)17(19,20)21)13-5-10(18)6-15-16(13)24-11(7-22)8-23-15/h2-6,11,23H,7-8,22H2,1H3/t11-/m1/s1. The van der Waals surface area contributed by atoms with Crippen LogP contribution in [0, 0.1) is 12.7 Å². The minimum atomic E-state index is -4.56. The number of hydrogen-bond acceptors (Lipinski definition) is 3. The van der Waals surface area contributed by atoms with Crippen molar-refractivity contribution >= 4 is 5.69 Å². The van der Waals surface area contributed by atoms with Gasteiger partial charge < -0.3 is 15.8 Å². The van der Waals surface area contributed by atoms with Gasteiger partial charge in [-0.15, -0.1) is 0 Å². The number of fused-ring (bicyclic) bond motifs is 1. The molecule has 0 bridgehead atoms. The Morgan fingerprint density at radius 3 is 2.62 bits per heavy atom. The lowest BCUT2D eigenvalue weighted by Crippen LogP contribution is -2.37. The number of nitrogens with one attached hydrogen (secondary N) is 1. The van der Waals surface area contributed by atoms with Crippen LogP contribution < -0.4 is 15.8 Å². The van der Waals surface area contributed by atoms with Crippen LogP contribution in [0.3, 0.4) is 0 Å². The number of hydrogen-bond donors (Lipinski definition) is 2. The summed E-state index contributed by atoms with van der Waals surface area (Å²) in [6.07, 6.45) is -4.95. The third kappa shape index (κ3) is 3.03. The van der Waals surface area contributed by atoms with E-state index < -0.39 is 17.6 Å². The highest BCUT2D eigenvalue weighted by Gasteiger charge is 2.35. The predicted molar refractivity (Wildman–Crippen MR) is 83.5 cm³/mol. The second-order valence-electron chi connectivity index (χ2n) is 5.73. The summed E-state index contributed by atoms with van der Waals surface area (Å²) in [6, 6.07) is 6.19. The summed E-state index contributed by atoms with van der Waals surface area (Å²) in [5.74, 6) is -0.452. The molecular formula is C17H16F4N2O. The molecule has 24 heavy (non-hydrogen) atoms. The third-order valence-corrected chi connectivity index (χ3v) is 3.89. The molecule has 3 rings (SSSR count). The molecule has 0 aliphatic carbocycles. The first-order valence-electron chi connectivity index (χ1n) is 7.42. The molecule has 3 N–H and O–H groups in total. The van der Waals surface area contributed by atoms with Crippen molar-refractivity contribution in [1.29, 1.82) is 0 Å². The first-order valence-corrected chi connectivity index (χ1v) is 7.42. The minimum absolute atomic E-state index is 0.0583. The highest BCUT2D eigenvalue weighted by atomic mass is 19.4. The van der Waals surface area contributed by atoms with Crippen LogP contribution in [-0.2, 0) is 6.18 Å². The lowest BCUT2D eigenvalue weighted by Gasteiger charge is -2.29. The molecule has 0 radical (unpaired) electrons. The zero-order valence-corrected chi connectivity index (χ0v) is 12.9. The van der Waals surface area contributed by atoms with Crippen LogP contribution >= 0.6 is 0 Å². The van der Waals surface area contributed by atoms with Crippen molar-refractivity contribution in [2.75, 3.05) is 18.4 Å². The quantitative estimate of drug-likeness (QED) is 0.814. The van der Waals surface area contributed by atoms with Crippen molar-refractivity contribution in [1.82, 2.24) is 0 Å². The Kier molecular flexibility index (Phi) is 4.13. The van der Waals surface area contributed by atoms with Crippen LogP contribution in [0.1, 0.15) is 11.1 Å². The lowest BCUT2D eigenvalue weighted by atomic mass is 9.95. The van der Waals surface area contributed by atoms with Crippen molar-refractivity contribution in [3.05, 3.63) is 47.3 Å². The summed E-state index contributed by atoms with van der Waals surface area (Å²) in [7, 11) is 0. The summed E-state index contributed by atoms with van der Waals surface area (Å²) >= 11 is 0. The monoisotopic (exact) mass is 340 g/mol. The first kappa shape index (κ1) is 16.6. The molecule has 0 aromatic heterocycles. The van der Waals surface area contributed by atoms with E-state index in [-0.39, 0.29) is 29.5 Å². The Morgan fingerprint density at radius 1 is 1.21 bits per heavy atom. The molecule has 2 aromatic carbocycles. The molecule has 1 atom stereocenters. The Bertz CT molecular complexity index is 774. The second-order valence-corrected chi connectivity index (χ2v) is 5.73. The molecule has 0 unspecified atom stereocenters. The fraction of sp³-hybridized carbons (Fsp3) is 0.294. The molecular weight excluding hydrogens is 324 g/mol. The SMILES string of the molecule is Cc1ccc(-c2cc(F)cc3c2O[C@H](CN)CN3)c(C(F)(F)F)c1. The van der Waals surface area contributed by atoms with E-state index in [9.17, 15) is 17.6 Å². The number of aryl methyl sites for hydroxylation is 1. The van der Waals surface area contributed by atoms with E-state index in [2.05, 4.69) is 5.32 Å². The van der Waals surface area contributed by atoms with E-state index in [0.29, 0.717) is 17.8 Å². The van der Waals surface area contributed by atoms with E-state index in [1.165, 1.54) is 12.1 Å². The smallest absolute Gasteiger partial charge is 0.417 e. The van der Waals surface area contributed by atoms with Crippen molar-refractivity contribution in [2.45, 2.75) is 19.2 Å². The van der Waals surface area contributed by atoms with Crippen LogP contribution in [0.25, 0.3) is 11.1 Å². The van der Waals surface area contributed by atoms with Gasteiger partial charge in [0.05, 0.1) is 17.8 Å². The molecule has 128 valence electrons. The van der Waals surface area contributed by atoms with Gasteiger partial charge in [0.25, 0.3) is 0 Å². The molecule has 0 saturated carbocycles. The zero-order valence-electron chi connectivity index (χ0n) is 12.9. The van der Waals surface area contributed by atoms with Crippen LogP contribution in [0.4, 0.5) is 23.2 Å². The molecule has 1 heterocycles. The first-order chi connectivity index (χ1) is 11.3. The Balaban J connectivity index is 2.23. The van der Waals surface area contributed by atoms with Gasteiger partial charge in [-0.3, -0.25) is 0 Å². The third-order valence-electron chi connectivity index (χ3n) is 3.89. The van der Waals surface area contributed by atoms with Gasteiger partial charge in [0.15, 0.2) is 5.75 Å². The molecule has 0 spiro atoms. The van der Waals surface area contributed by atoms with Gasteiger partial charge in [-0.2, -0.15) is 13.2 Å². The molecule has 7 heteroatoms. The fourth-order valence-electron chi connectivity index (χ4n) is 2.74. The van der Waals surface area contributed by atoms with Gasteiger partial charge in [0.1, 0.15) is 11.9 Å². The van der Waals surface area contributed by atoms with Crippen LogP contribution in [0.2, 0.25) is 0 Å². The number of nitrogens with two attached hydrogens (primary N) is 1. The summed E-state index contributed by atoms with van der Waals surface area (Å²) in [5.41, 5.74) is 5.48. The highest BCUT2D eigenvalue weighted by molar-refractivity contribution is 5.81. The Morgan fingerprint density at radius 2 is 1.96 bits per heavy atom. The fourth-order valence-corrected chi connectivity index (χ4v) is 2.74. The average molecular weight is 340 g/mol. The van der Waals surface area contributed by atoms with E-state index >= 15 is 0 Å². The number of alkyl halides is 3. The van der Waals surface area contributed by atoms with Crippen molar-refractivity contribution in [2.24, 2.45) is 5.73 Å². The number of rotatable bonds is 2. The topological polar surface area (TPSA) is 47.3 Å². The molecule has 0 fully saturated rings. The van der Waals surface area contributed by atoms with Gasteiger partial charge >= 0.3 is 6.18 Å². The van der Waals surface area contributed by atoms with Gasteiger partial charge in [-0.1, -0.05) is 17.7 Å². The van der Waals surface area contributed by atoms with Crippen molar-refractivity contribution < 1.29 is 22.3 Å². The van der Waals surface area contributed by atoms with E-state index in [0.717, 1.165) is 12.1 Å². The molecule has 2 aromatic rings. The maximum Gasteiger partial charge on any atom is 0.417 e. The molecule has 0 amide bonds. The average Bonchev–Trinajstić information content (AvgIpc) is 2.53. The molecule has 1 aliphatic heterocycles. The number of halogens is 4. The second kappa shape index (κ2) is 5.98. The lowest BCUT2D eigenvalue weighted by molar-refractivity contribution is -0.137. The Labute approximate surface area is 136 Å². The van der Waals surface area contributed by atoms with Crippen LogP contribution in [0.5, 0.6) is 5.75 Å². The minimum Gasteiger partial charge on any atom is -0.484 e. The van der Waals surface area contributed by atoms with E-state index in [1.54, 1.807) is 13.0 Å². The van der Waals surface area contributed by atoms with Crippen molar-refractivity contribution in [3.63, 3.8) is 0 Å². The van der Waals surface area contributed by atoms with E-state index in [1.807, 2.05) is 0 Å². The number of ether oxygens (including phenoxy) is 1. The highest BCUT2D eigenvalue weighted by Crippen LogP contribution is 2.45.